The minimum Gasteiger partial charge on any atom is -0.497 e. The summed E-state index contributed by atoms with van der Waals surface area (Å²) in [5, 5.41) is 2.86. The maximum absolute atomic E-state index is 12.6. The third-order valence-electron chi connectivity index (χ3n) is 4.17. The number of hydrogen-bond donors (Lipinski definition) is 1. The Hall–Kier alpha value is -3.23. The number of aromatic nitrogens is 2. The monoisotopic (exact) mass is 374 g/mol. The molecule has 0 bridgehead atoms. The van der Waals surface area contributed by atoms with Gasteiger partial charge in [-0.05, 0) is 12.1 Å². The fourth-order valence-electron chi connectivity index (χ4n) is 2.76. The largest absolute Gasteiger partial charge is 0.497 e. The van der Waals surface area contributed by atoms with Crippen molar-refractivity contribution in [3.05, 3.63) is 30.6 Å². The molecule has 2 aromatic rings. The van der Waals surface area contributed by atoms with Gasteiger partial charge in [0.25, 0.3) is 0 Å². The van der Waals surface area contributed by atoms with Crippen molar-refractivity contribution in [2.45, 2.75) is 12.5 Å². The molecule has 1 atom stereocenters. The molecule has 1 aliphatic heterocycles. The zero-order chi connectivity index (χ0) is 19.2. The quantitative estimate of drug-likeness (QED) is 0.828. The average Bonchev–Trinajstić information content (AvgIpc) is 3.17. The number of nitrogens with zero attached hydrogens (tertiary/aromatic N) is 3. The SMILES string of the molecule is COc1ccc(NC(=O)N2CCC(Oc3cncc(OC)n3)C2)c(OC)c1. The molecule has 9 nitrogen and oxygen atoms in total. The van der Waals surface area contributed by atoms with Gasteiger partial charge >= 0.3 is 6.03 Å². The Kier molecular flexibility index (Phi) is 5.80. The second-order valence-electron chi connectivity index (χ2n) is 5.87. The van der Waals surface area contributed by atoms with Gasteiger partial charge in [0.2, 0.25) is 11.8 Å². The molecule has 9 heteroatoms. The molecule has 2 amide bonds. The first-order chi connectivity index (χ1) is 13.1. The zero-order valence-corrected chi connectivity index (χ0v) is 15.5. The Morgan fingerprint density at radius 1 is 1.15 bits per heavy atom. The first-order valence-electron chi connectivity index (χ1n) is 8.43. The van der Waals surface area contributed by atoms with E-state index in [2.05, 4.69) is 15.3 Å². The molecule has 0 spiro atoms. The predicted octanol–water partition coefficient (Wildman–Crippen LogP) is 2.19. The van der Waals surface area contributed by atoms with Gasteiger partial charge in [-0.2, -0.15) is 4.98 Å². The molecular weight excluding hydrogens is 352 g/mol. The summed E-state index contributed by atoms with van der Waals surface area (Å²) in [7, 11) is 4.63. The number of benzene rings is 1. The number of rotatable bonds is 6. The first kappa shape index (κ1) is 18.6. The minimum absolute atomic E-state index is 0.157. The molecule has 1 unspecified atom stereocenters. The van der Waals surface area contributed by atoms with E-state index < -0.39 is 0 Å². The summed E-state index contributed by atoms with van der Waals surface area (Å²) in [5.74, 6) is 1.94. The summed E-state index contributed by atoms with van der Waals surface area (Å²) < 4.78 is 21.3. The summed E-state index contributed by atoms with van der Waals surface area (Å²) in [5.41, 5.74) is 0.575. The molecule has 144 valence electrons. The van der Waals surface area contributed by atoms with Crippen LogP contribution < -0.4 is 24.3 Å². The van der Waals surface area contributed by atoms with Gasteiger partial charge in [-0.25, -0.2) is 4.79 Å². The Morgan fingerprint density at radius 2 is 1.96 bits per heavy atom. The summed E-state index contributed by atoms with van der Waals surface area (Å²) in [6.45, 7) is 1.02. The van der Waals surface area contributed by atoms with E-state index in [0.717, 1.165) is 0 Å². The van der Waals surface area contributed by atoms with Crippen molar-refractivity contribution in [1.29, 1.82) is 0 Å². The molecular formula is C18H22N4O5. The lowest BCUT2D eigenvalue weighted by atomic mass is 10.2. The lowest BCUT2D eigenvalue weighted by Crippen LogP contribution is -2.34. The lowest BCUT2D eigenvalue weighted by Gasteiger charge is -2.19. The predicted molar refractivity (Wildman–Crippen MR) is 97.8 cm³/mol. The smallest absolute Gasteiger partial charge is 0.322 e. The Bertz CT molecular complexity index is 801. The normalized spacial score (nSPS) is 16.0. The number of likely N-dealkylation sites (tertiary alicyclic amines) is 1. The van der Waals surface area contributed by atoms with Crippen LogP contribution in [0.25, 0.3) is 0 Å². The van der Waals surface area contributed by atoms with Crippen molar-refractivity contribution in [3.63, 3.8) is 0 Å². The van der Waals surface area contributed by atoms with Crippen molar-refractivity contribution in [2.75, 3.05) is 39.7 Å². The number of nitrogens with one attached hydrogen (secondary N) is 1. The van der Waals surface area contributed by atoms with Gasteiger partial charge in [0.15, 0.2) is 0 Å². The van der Waals surface area contributed by atoms with Gasteiger partial charge < -0.3 is 29.2 Å². The molecule has 1 N–H and O–H groups in total. The highest BCUT2D eigenvalue weighted by Crippen LogP contribution is 2.29. The van der Waals surface area contributed by atoms with Crippen LogP contribution in [0.15, 0.2) is 30.6 Å². The standard InChI is InChI=1S/C18H22N4O5/c1-24-12-4-5-14(15(8-12)25-2)20-18(23)22-7-6-13(11-22)27-17-10-19-9-16(21-17)26-3/h4-5,8-10,13H,6-7,11H2,1-3H3,(H,20,23). The van der Waals surface area contributed by atoms with Crippen LogP contribution in [-0.2, 0) is 0 Å². The summed E-state index contributed by atoms with van der Waals surface area (Å²) in [6.07, 6.45) is 3.57. The van der Waals surface area contributed by atoms with Crippen LogP contribution in [0.3, 0.4) is 0 Å². The molecule has 0 saturated carbocycles. The summed E-state index contributed by atoms with van der Waals surface area (Å²) in [6, 6.07) is 5.00. The van der Waals surface area contributed by atoms with Crippen LogP contribution in [0.4, 0.5) is 10.5 Å². The maximum atomic E-state index is 12.6. The van der Waals surface area contributed by atoms with Crippen LogP contribution in [0.2, 0.25) is 0 Å². The first-order valence-corrected chi connectivity index (χ1v) is 8.43. The fraction of sp³-hybridized carbons (Fsp3) is 0.389. The number of methoxy groups -OCH3 is 3. The Balaban J connectivity index is 1.59. The van der Waals surface area contributed by atoms with Crippen LogP contribution in [0.1, 0.15) is 6.42 Å². The molecule has 1 aliphatic rings. The topological polar surface area (TPSA) is 95.0 Å². The van der Waals surface area contributed by atoms with Gasteiger partial charge in [0, 0.05) is 19.0 Å². The van der Waals surface area contributed by atoms with Crippen molar-refractivity contribution in [2.24, 2.45) is 0 Å². The lowest BCUT2D eigenvalue weighted by molar-refractivity contribution is 0.188. The number of ether oxygens (including phenoxy) is 4. The molecule has 3 rings (SSSR count). The van der Waals surface area contributed by atoms with Gasteiger partial charge in [0.05, 0.1) is 46.0 Å². The average molecular weight is 374 g/mol. The van der Waals surface area contributed by atoms with Crippen molar-refractivity contribution in [3.8, 4) is 23.3 Å². The van der Waals surface area contributed by atoms with Gasteiger partial charge in [0.1, 0.15) is 17.6 Å². The van der Waals surface area contributed by atoms with E-state index in [9.17, 15) is 4.79 Å². The van der Waals surface area contributed by atoms with E-state index >= 15 is 0 Å². The van der Waals surface area contributed by atoms with Crippen molar-refractivity contribution in [1.82, 2.24) is 14.9 Å². The van der Waals surface area contributed by atoms with E-state index in [4.69, 9.17) is 18.9 Å². The van der Waals surface area contributed by atoms with E-state index in [1.807, 2.05) is 0 Å². The van der Waals surface area contributed by atoms with E-state index in [1.165, 1.54) is 19.5 Å². The van der Waals surface area contributed by atoms with Crippen LogP contribution >= 0.6 is 0 Å². The molecule has 2 heterocycles. The molecule has 0 aliphatic carbocycles. The Labute approximate surface area is 157 Å². The van der Waals surface area contributed by atoms with Gasteiger partial charge in [-0.3, -0.25) is 4.98 Å². The summed E-state index contributed by atoms with van der Waals surface area (Å²) >= 11 is 0. The second-order valence-corrected chi connectivity index (χ2v) is 5.87. The molecule has 1 saturated heterocycles. The van der Waals surface area contributed by atoms with Crippen LogP contribution in [0, 0.1) is 0 Å². The van der Waals surface area contributed by atoms with E-state index in [1.54, 1.807) is 37.3 Å². The van der Waals surface area contributed by atoms with Crippen molar-refractivity contribution < 1.29 is 23.7 Å². The molecule has 1 aromatic carbocycles. The maximum Gasteiger partial charge on any atom is 0.322 e. The summed E-state index contributed by atoms with van der Waals surface area (Å²) in [4.78, 5) is 22.4. The third kappa shape index (κ3) is 4.49. The number of carbonyl (C=O) groups excluding carboxylic acids is 1. The molecule has 1 aromatic heterocycles. The number of amides is 2. The molecule has 27 heavy (non-hydrogen) atoms. The third-order valence-corrected chi connectivity index (χ3v) is 4.17. The van der Waals surface area contributed by atoms with Crippen LogP contribution in [-0.4, -0.2) is 61.4 Å². The number of anilines is 1. The van der Waals surface area contributed by atoms with Crippen molar-refractivity contribution >= 4 is 11.7 Å². The fourth-order valence-corrected chi connectivity index (χ4v) is 2.76. The highest BCUT2D eigenvalue weighted by Gasteiger charge is 2.28. The highest BCUT2D eigenvalue weighted by atomic mass is 16.5. The Morgan fingerprint density at radius 3 is 2.70 bits per heavy atom. The molecule has 1 fully saturated rings. The minimum atomic E-state index is -0.221. The van der Waals surface area contributed by atoms with Gasteiger partial charge in [-0.1, -0.05) is 0 Å². The number of urea groups is 1. The number of hydrogen-bond acceptors (Lipinski definition) is 7. The van der Waals surface area contributed by atoms with Crippen LogP contribution in [0.5, 0.6) is 23.3 Å². The van der Waals surface area contributed by atoms with Gasteiger partial charge in [-0.15, -0.1) is 0 Å². The highest BCUT2D eigenvalue weighted by molar-refractivity contribution is 5.91. The molecule has 0 radical (unpaired) electrons. The van der Waals surface area contributed by atoms with E-state index in [-0.39, 0.29) is 12.1 Å². The second kappa shape index (κ2) is 8.43. The number of carbonyl (C=O) groups is 1. The van der Waals surface area contributed by atoms with E-state index in [0.29, 0.717) is 48.5 Å². The zero-order valence-electron chi connectivity index (χ0n) is 15.5.